The fourth-order valence-corrected chi connectivity index (χ4v) is 2.37. The summed E-state index contributed by atoms with van der Waals surface area (Å²) in [5, 5.41) is 4.62. The van der Waals surface area contributed by atoms with Gasteiger partial charge in [0, 0.05) is 19.1 Å². The maximum absolute atomic E-state index is 5.39. The van der Waals surface area contributed by atoms with E-state index in [2.05, 4.69) is 35.4 Å². The number of nitrogens with one attached hydrogen (secondary N) is 2. The van der Waals surface area contributed by atoms with Crippen molar-refractivity contribution in [1.82, 2.24) is 0 Å². The summed E-state index contributed by atoms with van der Waals surface area (Å²) < 4.78 is 5.39. The van der Waals surface area contributed by atoms with Crippen LogP contribution in [0.25, 0.3) is 10.9 Å². The molecule has 20 heavy (non-hydrogen) atoms. The molecule has 0 atom stereocenters. The second kappa shape index (κ2) is 5.21. The van der Waals surface area contributed by atoms with Crippen LogP contribution in [0.1, 0.15) is 5.69 Å². The summed E-state index contributed by atoms with van der Waals surface area (Å²) in [6.45, 7) is 2.06. The molecule has 3 heteroatoms. The minimum Gasteiger partial charge on any atom is -0.495 e. The van der Waals surface area contributed by atoms with Gasteiger partial charge in [0.25, 0.3) is 0 Å². The van der Waals surface area contributed by atoms with Crippen molar-refractivity contribution in [1.29, 1.82) is 0 Å². The molecule has 3 nitrogen and oxygen atoms in total. The molecule has 3 rings (SSSR count). The van der Waals surface area contributed by atoms with E-state index >= 15 is 0 Å². The molecule has 0 radical (unpaired) electrons. The van der Waals surface area contributed by atoms with Gasteiger partial charge in [0.15, 0.2) is 5.69 Å². The first-order valence-electron chi connectivity index (χ1n) is 6.59. The number of H-pyrrole nitrogens is 1. The Morgan fingerprint density at radius 2 is 1.70 bits per heavy atom. The van der Waals surface area contributed by atoms with Gasteiger partial charge in [-0.05, 0) is 18.2 Å². The highest BCUT2D eigenvalue weighted by Gasteiger charge is 2.10. The number of hydrogen-bond acceptors (Lipinski definition) is 2. The number of methoxy groups -OCH3 is 1. The molecule has 0 fully saturated rings. The number of ether oxygens (including phenoxy) is 1. The van der Waals surface area contributed by atoms with Crippen LogP contribution in [-0.2, 0) is 0 Å². The number of hydrogen-bond donors (Lipinski definition) is 1. The smallest absolute Gasteiger partial charge is 0.213 e. The standard InChI is InChI=1S/C17H16N2O/c1-12-11-16(13-7-3-4-8-14(13)18-12)19-15-9-5-6-10-17(15)20-2/h3-11H,1-2H3,(H,18,19)/p+1. The second-order valence-corrected chi connectivity index (χ2v) is 4.74. The topological polar surface area (TPSA) is 35.4 Å². The highest BCUT2D eigenvalue weighted by atomic mass is 16.5. The van der Waals surface area contributed by atoms with Gasteiger partial charge in [0.05, 0.1) is 23.9 Å². The molecule has 0 bridgehead atoms. The summed E-state index contributed by atoms with van der Waals surface area (Å²) in [6.07, 6.45) is 0. The first-order chi connectivity index (χ1) is 9.78. The first-order valence-corrected chi connectivity index (χ1v) is 6.59. The summed E-state index contributed by atoms with van der Waals surface area (Å²) in [4.78, 5) is 3.37. The lowest BCUT2D eigenvalue weighted by Crippen LogP contribution is -2.09. The van der Waals surface area contributed by atoms with E-state index < -0.39 is 0 Å². The fraction of sp³-hybridized carbons (Fsp3) is 0.118. The Morgan fingerprint density at radius 1 is 0.950 bits per heavy atom. The molecule has 1 heterocycles. The molecule has 0 unspecified atom stereocenters. The molecule has 100 valence electrons. The number of aromatic nitrogens is 1. The Bertz CT molecular complexity index is 753. The van der Waals surface area contributed by atoms with Crippen molar-refractivity contribution >= 4 is 22.3 Å². The molecule has 0 aliphatic carbocycles. The quantitative estimate of drug-likeness (QED) is 0.783. The van der Waals surface area contributed by atoms with Crippen molar-refractivity contribution in [3.8, 4) is 5.75 Å². The molecule has 2 aromatic carbocycles. The summed E-state index contributed by atoms with van der Waals surface area (Å²) in [7, 11) is 1.68. The number of fused-ring (bicyclic) bond motifs is 1. The molecule has 0 saturated carbocycles. The van der Waals surface area contributed by atoms with Gasteiger partial charge in [0.1, 0.15) is 5.75 Å². The Kier molecular flexibility index (Phi) is 3.25. The molecule has 0 saturated heterocycles. The number of rotatable bonds is 3. The molecular formula is C17H17N2O+. The van der Waals surface area contributed by atoms with E-state index in [1.165, 1.54) is 0 Å². The van der Waals surface area contributed by atoms with Gasteiger partial charge in [0.2, 0.25) is 5.52 Å². The molecule has 1 aromatic heterocycles. The highest BCUT2D eigenvalue weighted by Crippen LogP contribution is 2.30. The van der Waals surface area contributed by atoms with Crippen molar-refractivity contribution in [2.45, 2.75) is 6.92 Å². The van der Waals surface area contributed by atoms with Gasteiger partial charge < -0.3 is 10.1 Å². The van der Waals surface area contributed by atoms with Crippen molar-refractivity contribution in [3.63, 3.8) is 0 Å². The zero-order valence-electron chi connectivity index (χ0n) is 11.6. The largest absolute Gasteiger partial charge is 0.495 e. The maximum Gasteiger partial charge on any atom is 0.213 e. The predicted octanol–water partition coefficient (Wildman–Crippen LogP) is 3.71. The molecule has 2 N–H and O–H groups in total. The lowest BCUT2D eigenvalue weighted by molar-refractivity contribution is -0.354. The van der Waals surface area contributed by atoms with E-state index in [0.717, 1.165) is 33.7 Å². The number of benzene rings is 2. The lowest BCUT2D eigenvalue weighted by Gasteiger charge is -2.11. The van der Waals surface area contributed by atoms with Crippen LogP contribution in [0.4, 0.5) is 11.4 Å². The van der Waals surface area contributed by atoms with Crippen LogP contribution in [0, 0.1) is 6.92 Å². The minimum atomic E-state index is 0.835. The van der Waals surface area contributed by atoms with E-state index in [-0.39, 0.29) is 0 Å². The van der Waals surface area contributed by atoms with Crippen LogP contribution in [0.2, 0.25) is 0 Å². The van der Waals surface area contributed by atoms with Crippen LogP contribution in [0.3, 0.4) is 0 Å². The lowest BCUT2D eigenvalue weighted by atomic mass is 10.1. The van der Waals surface area contributed by atoms with Gasteiger partial charge in [-0.3, -0.25) is 0 Å². The maximum atomic E-state index is 5.39. The summed E-state index contributed by atoms with van der Waals surface area (Å²) in [5.74, 6) is 0.835. The van der Waals surface area contributed by atoms with E-state index in [9.17, 15) is 0 Å². The van der Waals surface area contributed by atoms with Gasteiger partial charge in [-0.2, -0.15) is 0 Å². The van der Waals surface area contributed by atoms with Crippen LogP contribution < -0.4 is 15.0 Å². The van der Waals surface area contributed by atoms with Crippen molar-refractivity contribution < 1.29 is 9.72 Å². The number of anilines is 2. The van der Waals surface area contributed by atoms with Crippen LogP contribution in [-0.4, -0.2) is 7.11 Å². The monoisotopic (exact) mass is 265 g/mol. The third-order valence-electron chi connectivity index (χ3n) is 3.29. The Labute approximate surface area is 118 Å². The molecule has 0 aliphatic heterocycles. The van der Waals surface area contributed by atoms with Crippen LogP contribution in [0.5, 0.6) is 5.75 Å². The summed E-state index contributed by atoms with van der Waals surface area (Å²) in [6, 6.07) is 18.3. The van der Waals surface area contributed by atoms with Crippen LogP contribution in [0.15, 0.2) is 54.6 Å². The predicted molar refractivity (Wildman–Crippen MR) is 81.5 cm³/mol. The van der Waals surface area contributed by atoms with Crippen LogP contribution >= 0.6 is 0 Å². The second-order valence-electron chi connectivity index (χ2n) is 4.74. The number of pyridine rings is 1. The third kappa shape index (κ3) is 2.30. The average molecular weight is 265 g/mol. The van der Waals surface area contributed by atoms with E-state index in [1.54, 1.807) is 7.11 Å². The normalized spacial score (nSPS) is 10.5. The molecule has 3 aromatic rings. The first kappa shape index (κ1) is 12.5. The Hall–Kier alpha value is -2.55. The van der Waals surface area contributed by atoms with Gasteiger partial charge in [-0.25, -0.2) is 4.98 Å². The SMILES string of the molecule is COc1ccccc1Nc1cc(C)[nH+]c2ccccc12. The number of aromatic amines is 1. The molecule has 0 amide bonds. The van der Waals surface area contributed by atoms with E-state index in [0.29, 0.717) is 0 Å². The molecule has 0 spiro atoms. The van der Waals surface area contributed by atoms with E-state index in [4.69, 9.17) is 4.74 Å². The van der Waals surface area contributed by atoms with Crippen molar-refractivity contribution in [2.24, 2.45) is 0 Å². The molecule has 0 aliphatic rings. The van der Waals surface area contributed by atoms with Gasteiger partial charge in [-0.1, -0.05) is 24.3 Å². The minimum absolute atomic E-state index is 0.835. The van der Waals surface area contributed by atoms with Crippen molar-refractivity contribution in [2.75, 3.05) is 12.4 Å². The number of para-hydroxylation sites is 3. The van der Waals surface area contributed by atoms with Gasteiger partial charge in [-0.15, -0.1) is 0 Å². The Balaban J connectivity index is 2.10. The summed E-state index contributed by atoms with van der Waals surface area (Å²) in [5.41, 5.74) is 4.26. The fourth-order valence-electron chi connectivity index (χ4n) is 2.37. The third-order valence-corrected chi connectivity index (χ3v) is 3.29. The van der Waals surface area contributed by atoms with Crippen molar-refractivity contribution in [3.05, 3.63) is 60.3 Å². The average Bonchev–Trinajstić information content (AvgIpc) is 2.47. The number of aryl methyl sites for hydroxylation is 1. The van der Waals surface area contributed by atoms with E-state index in [1.807, 2.05) is 36.4 Å². The molecular weight excluding hydrogens is 248 g/mol. The Morgan fingerprint density at radius 3 is 2.55 bits per heavy atom. The highest BCUT2D eigenvalue weighted by molar-refractivity contribution is 5.91. The summed E-state index contributed by atoms with van der Waals surface area (Å²) >= 11 is 0. The zero-order chi connectivity index (χ0) is 13.9. The zero-order valence-corrected chi connectivity index (χ0v) is 11.6. The van der Waals surface area contributed by atoms with Gasteiger partial charge >= 0.3 is 0 Å².